The summed E-state index contributed by atoms with van der Waals surface area (Å²) in [6.45, 7) is 3.01. The van der Waals surface area contributed by atoms with Gasteiger partial charge in [-0.3, -0.25) is 9.89 Å². The number of carbonyl (C=O) groups excluding carboxylic acids is 1. The Morgan fingerprint density at radius 3 is 3.10 bits per heavy atom. The largest absolute Gasteiger partial charge is 0.352 e. The number of pyridine rings is 1. The van der Waals surface area contributed by atoms with Crippen LogP contribution in [0.3, 0.4) is 0 Å². The number of carbonyl (C=O) groups is 1. The number of fused-ring (bicyclic) bond motifs is 1. The second kappa shape index (κ2) is 4.80. The minimum absolute atomic E-state index is 0.0402. The van der Waals surface area contributed by atoms with E-state index in [1.807, 2.05) is 6.07 Å². The minimum atomic E-state index is -0.0402. The van der Waals surface area contributed by atoms with E-state index in [-0.39, 0.29) is 5.91 Å². The predicted octanol–water partition coefficient (Wildman–Crippen LogP) is 1.08. The maximum Gasteiger partial charge on any atom is 0.252 e. The first kappa shape index (κ1) is 12.8. The van der Waals surface area contributed by atoms with Crippen LogP contribution in [0.1, 0.15) is 29.6 Å². The Balaban J connectivity index is 1.38. The van der Waals surface area contributed by atoms with E-state index >= 15 is 0 Å². The third-order valence-corrected chi connectivity index (χ3v) is 5.02. The summed E-state index contributed by atoms with van der Waals surface area (Å²) in [5.41, 5.74) is 1.82. The van der Waals surface area contributed by atoms with Crippen LogP contribution in [0, 0.1) is 11.3 Å². The Bertz CT molecular complexity index is 674. The number of H-pyrrole nitrogens is 1. The van der Waals surface area contributed by atoms with Gasteiger partial charge < -0.3 is 10.6 Å². The van der Waals surface area contributed by atoms with Crippen LogP contribution in [0.2, 0.25) is 0 Å². The van der Waals surface area contributed by atoms with Crippen LogP contribution in [0.5, 0.6) is 0 Å². The Labute approximate surface area is 122 Å². The normalized spacial score (nSPS) is 23.3. The first-order chi connectivity index (χ1) is 10.3. The summed E-state index contributed by atoms with van der Waals surface area (Å²) in [5, 5.41) is 14.0. The average Bonchev–Trinajstić information content (AvgIpc) is 2.97. The third-order valence-electron chi connectivity index (χ3n) is 5.02. The van der Waals surface area contributed by atoms with Gasteiger partial charge in [0.1, 0.15) is 0 Å². The lowest BCUT2D eigenvalue weighted by atomic mass is 9.92. The molecule has 6 heteroatoms. The van der Waals surface area contributed by atoms with Crippen LogP contribution in [0.15, 0.2) is 18.5 Å². The van der Waals surface area contributed by atoms with Crippen molar-refractivity contribution in [3.8, 4) is 0 Å². The standard InChI is InChI=1S/C15H19N5O/c21-14(11-5-10-8-19-20-13(10)17-7-11)18-9-12-6-15(12)1-3-16-4-2-15/h5,7-8,12,16H,1-4,6,9H2,(H,18,21)(H,17,19,20). The van der Waals surface area contributed by atoms with E-state index in [2.05, 4.69) is 25.8 Å². The van der Waals surface area contributed by atoms with Gasteiger partial charge in [-0.2, -0.15) is 5.10 Å². The molecule has 3 N–H and O–H groups in total. The summed E-state index contributed by atoms with van der Waals surface area (Å²) in [6, 6.07) is 1.83. The van der Waals surface area contributed by atoms with Crippen molar-refractivity contribution < 1.29 is 4.79 Å². The maximum atomic E-state index is 12.2. The van der Waals surface area contributed by atoms with Crippen molar-refractivity contribution in [2.45, 2.75) is 19.3 Å². The van der Waals surface area contributed by atoms with Gasteiger partial charge in [0.05, 0.1) is 11.8 Å². The van der Waals surface area contributed by atoms with Crippen molar-refractivity contribution in [2.75, 3.05) is 19.6 Å². The fourth-order valence-electron chi connectivity index (χ4n) is 3.54. The summed E-state index contributed by atoms with van der Waals surface area (Å²) in [6.07, 6.45) is 7.03. The molecule has 1 aliphatic heterocycles. The van der Waals surface area contributed by atoms with Gasteiger partial charge in [0, 0.05) is 18.1 Å². The fourth-order valence-corrected chi connectivity index (χ4v) is 3.54. The third kappa shape index (κ3) is 2.29. The number of hydrogen-bond acceptors (Lipinski definition) is 4. The molecule has 1 spiro atoms. The lowest BCUT2D eigenvalue weighted by molar-refractivity contribution is 0.0949. The van der Waals surface area contributed by atoms with Gasteiger partial charge >= 0.3 is 0 Å². The lowest BCUT2D eigenvalue weighted by Gasteiger charge is -2.23. The highest BCUT2D eigenvalue weighted by molar-refractivity contribution is 5.96. The first-order valence-corrected chi connectivity index (χ1v) is 7.55. The molecule has 0 aromatic carbocycles. The van der Waals surface area contributed by atoms with Crippen molar-refractivity contribution in [1.29, 1.82) is 0 Å². The van der Waals surface area contributed by atoms with E-state index in [0.29, 0.717) is 22.5 Å². The van der Waals surface area contributed by atoms with Gasteiger partial charge in [-0.1, -0.05) is 0 Å². The highest BCUT2D eigenvalue weighted by atomic mass is 16.1. The Morgan fingerprint density at radius 2 is 2.24 bits per heavy atom. The van der Waals surface area contributed by atoms with E-state index in [0.717, 1.165) is 25.0 Å². The molecule has 1 saturated heterocycles. The monoisotopic (exact) mass is 285 g/mol. The zero-order valence-electron chi connectivity index (χ0n) is 11.9. The molecule has 2 fully saturated rings. The number of nitrogens with one attached hydrogen (secondary N) is 3. The average molecular weight is 285 g/mol. The fraction of sp³-hybridized carbons (Fsp3) is 0.533. The van der Waals surface area contributed by atoms with E-state index in [9.17, 15) is 4.79 Å². The molecule has 1 amide bonds. The van der Waals surface area contributed by atoms with Crippen LogP contribution in [0.25, 0.3) is 11.0 Å². The van der Waals surface area contributed by atoms with Crippen molar-refractivity contribution >= 4 is 16.9 Å². The maximum absolute atomic E-state index is 12.2. The van der Waals surface area contributed by atoms with Crippen LogP contribution in [-0.4, -0.2) is 40.7 Å². The Morgan fingerprint density at radius 1 is 1.38 bits per heavy atom. The number of nitrogens with zero attached hydrogens (tertiary/aromatic N) is 2. The number of hydrogen-bond donors (Lipinski definition) is 3. The van der Waals surface area contributed by atoms with E-state index < -0.39 is 0 Å². The topological polar surface area (TPSA) is 82.7 Å². The SMILES string of the molecule is O=C(NCC1CC12CCNCC2)c1cnc2[nH]ncc2c1. The number of amides is 1. The molecule has 21 heavy (non-hydrogen) atoms. The molecular weight excluding hydrogens is 266 g/mol. The van der Waals surface area contributed by atoms with Crippen molar-refractivity contribution in [1.82, 2.24) is 25.8 Å². The molecule has 3 heterocycles. The van der Waals surface area contributed by atoms with Crippen molar-refractivity contribution in [3.63, 3.8) is 0 Å². The molecule has 1 saturated carbocycles. The number of aromatic amines is 1. The van der Waals surface area contributed by atoms with Crippen LogP contribution in [-0.2, 0) is 0 Å². The summed E-state index contributed by atoms with van der Waals surface area (Å²) in [5.74, 6) is 0.607. The smallest absolute Gasteiger partial charge is 0.252 e. The van der Waals surface area contributed by atoms with E-state index in [1.54, 1.807) is 12.4 Å². The Hall–Kier alpha value is -1.95. The molecule has 2 aromatic rings. The summed E-state index contributed by atoms with van der Waals surface area (Å²) in [7, 11) is 0. The summed E-state index contributed by atoms with van der Waals surface area (Å²) < 4.78 is 0. The number of piperidine rings is 1. The zero-order valence-corrected chi connectivity index (χ0v) is 11.9. The molecule has 0 bridgehead atoms. The minimum Gasteiger partial charge on any atom is -0.352 e. The molecule has 2 aromatic heterocycles. The van der Waals surface area contributed by atoms with Gasteiger partial charge in [-0.05, 0) is 49.8 Å². The molecule has 1 atom stereocenters. The lowest BCUT2D eigenvalue weighted by Crippen LogP contribution is -2.32. The summed E-state index contributed by atoms with van der Waals surface area (Å²) >= 11 is 0. The molecule has 1 unspecified atom stereocenters. The van der Waals surface area contributed by atoms with Gasteiger partial charge in [0.25, 0.3) is 5.91 Å². The van der Waals surface area contributed by atoms with Crippen LogP contribution in [0.4, 0.5) is 0 Å². The molecule has 2 aliphatic rings. The summed E-state index contributed by atoms with van der Waals surface area (Å²) in [4.78, 5) is 16.4. The highest BCUT2D eigenvalue weighted by Crippen LogP contribution is 2.58. The van der Waals surface area contributed by atoms with Crippen LogP contribution >= 0.6 is 0 Å². The molecule has 1 aliphatic carbocycles. The molecule has 4 rings (SSSR count). The van der Waals surface area contributed by atoms with Crippen molar-refractivity contribution in [2.24, 2.45) is 11.3 Å². The molecular formula is C15H19N5O. The van der Waals surface area contributed by atoms with E-state index in [4.69, 9.17) is 0 Å². The van der Waals surface area contributed by atoms with E-state index in [1.165, 1.54) is 19.3 Å². The zero-order chi connectivity index (χ0) is 14.3. The van der Waals surface area contributed by atoms with Gasteiger partial charge in [-0.25, -0.2) is 4.98 Å². The first-order valence-electron chi connectivity index (χ1n) is 7.55. The number of aromatic nitrogens is 3. The highest BCUT2D eigenvalue weighted by Gasteiger charge is 2.53. The van der Waals surface area contributed by atoms with Crippen LogP contribution < -0.4 is 10.6 Å². The van der Waals surface area contributed by atoms with Gasteiger partial charge in [0.2, 0.25) is 0 Å². The molecule has 6 nitrogen and oxygen atoms in total. The van der Waals surface area contributed by atoms with Gasteiger partial charge in [-0.15, -0.1) is 0 Å². The Kier molecular flexibility index (Phi) is 2.92. The second-order valence-electron chi connectivity index (χ2n) is 6.26. The predicted molar refractivity (Wildman–Crippen MR) is 78.9 cm³/mol. The van der Waals surface area contributed by atoms with Gasteiger partial charge in [0.15, 0.2) is 5.65 Å². The quantitative estimate of drug-likeness (QED) is 0.788. The molecule has 110 valence electrons. The number of rotatable bonds is 3. The molecule has 0 radical (unpaired) electrons. The van der Waals surface area contributed by atoms with Crippen molar-refractivity contribution in [3.05, 3.63) is 24.0 Å². The second-order valence-corrected chi connectivity index (χ2v) is 6.26.